The normalized spacial score (nSPS) is 10.4. The van der Waals surface area contributed by atoms with Crippen molar-refractivity contribution in [1.82, 2.24) is 5.16 Å². The molecule has 4 heteroatoms. The molecule has 1 rings (SSSR count). The van der Waals surface area contributed by atoms with Crippen LogP contribution in [-0.4, -0.2) is 5.16 Å². The van der Waals surface area contributed by atoms with Crippen molar-refractivity contribution in [3.05, 3.63) is 18.0 Å². The fourth-order valence-electron chi connectivity index (χ4n) is 0.321. The molecule has 1 heterocycles. The van der Waals surface area contributed by atoms with Crippen LogP contribution in [0.5, 0.6) is 0 Å². The number of halogens is 2. The SMILES string of the molecule is FC(F)c1cnoc1. The van der Waals surface area contributed by atoms with Crippen molar-refractivity contribution >= 4 is 0 Å². The molecular formula is C4H3F2NO. The van der Waals surface area contributed by atoms with E-state index in [-0.39, 0.29) is 5.56 Å². The second-order valence-electron chi connectivity index (χ2n) is 1.26. The van der Waals surface area contributed by atoms with Gasteiger partial charge in [0.15, 0.2) is 0 Å². The van der Waals surface area contributed by atoms with E-state index in [4.69, 9.17) is 0 Å². The van der Waals surface area contributed by atoms with Gasteiger partial charge in [0, 0.05) is 0 Å². The Morgan fingerprint density at radius 2 is 2.38 bits per heavy atom. The van der Waals surface area contributed by atoms with Crippen molar-refractivity contribution < 1.29 is 13.3 Å². The summed E-state index contributed by atoms with van der Waals surface area (Å²) in [6.45, 7) is 0. The van der Waals surface area contributed by atoms with Crippen molar-refractivity contribution in [2.24, 2.45) is 0 Å². The Labute approximate surface area is 44.1 Å². The highest BCUT2D eigenvalue weighted by Gasteiger charge is 2.07. The molecule has 0 aliphatic carbocycles. The van der Waals surface area contributed by atoms with Gasteiger partial charge < -0.3 is 4.52 Å². The molecule has 0 aromatic carbocycles. The van der Waals surface area contributed by atoms with E-state index in [1.165, 1.54) is 0 Å². The highest BCUT2D eigenvalue weighted by atomic mass is 19.3. The van der Waals surface area contributed by atoms with E-state index in [1.807, 2.05) is 0 Å². The van der Waals surface area contributed by atoms with Crippen LogP contribution in [0.15, 0.2) is 17.0 Å². The van der Waals surface area contributed by atoms with Crippen LogP contribution in [0.4, 0.5) is 8.78 Å². The molecule has 0 spiro atoms. The zero-order valence-electron chi connectivity index (χ0n) is 3.84. The highest BCUT2D eigenvalue weighted by molar-refractivity contribution is 5.00. The topological polar surface area (TPSA) is 26.0 Å². The minimum atomic E-state index is -2.47. The molecule has 8 heavy (non-hydrogen) atoms. The second-order valence-corrected chi connectivity index (χ2v) is 1.26. The quantitative estimate of drug-likeness (QED) is 0.561. The average Bonchev–Trinajstić information content (AvgIpc) is 2.12. The molecule has 44 valence electrons. The van der Waals surface area contributed by atoms with Crippen LogP contribution >= 0.6 is 0 Å². The predicted octanol–water partition coefficient (Wildman–Crippen LogP) is 1.61. The molecule has 2 nitrogen and oxygen atoms in total. The van der Waals surface area contributed by atoms with Crippen LogP contribution < -0.4 is 0 Å². The Bertz CT molecular complexity index is 149. The third-order valence-electron chi connectivity index (χ3n) is 0.703. The van der Waals surface area contributed by atoms with Gasteiger partial charge in [-0.3, -0.25) is 0 Å². The van der Waals surface area contributed by atoms with Gasteiger partial charge in [0.25, 0.3) is 6.43 Å². The van der Waals surface area contributed by atoms with E-state index in [0.29, 0.717) is 0 Å². The maximum absolute atomic E-state index is 11.5. The smallest absolute Gasteiger partial charge is 0.268 e. The molecule has 0 N–H and O–H groups in total. The van der Waals surface area contributed by atoms with E-state index in [2.05, 4.69) is 9.68 Å². The van der Waals surface area contributed by atoms with Crippen LogP contribution in [0.25, 0.3) is 0 Å². The fraction of sp³-hybridized carbons (Fsp3) is 0.250. The minimum Gasteiger partial charge on any atom is -0.364 e. The summed E-state index contributed by atoms with van der Waals surface area (Å²) in [4.78, 5) is 0. The summed E-state index contributed by atoms with van der Waals surface area (Å²) >= 11 is 0. The molecular weight excluding hydrogens is 116 g/mol. The van der Waals surface area contributed by atoms with E-state index in [0.717, 1.165) is 12.5 Å². The van der Waals surface area contributed by atoms with Gasteiger partial charge in [-0.1, -0.05) is 5.16 Å². The van der Waals surface area contributed by atoms with Crippen molar-refractivity contribution in [1.29, 1.82) is 0 Å². The lowest BCUT2D eigenvalue weighted by molar-refractivity contribution is 0.150. The first-order chi connectivity index (χ1) is 3.80. The van der Waals surface area contributed by atoms with Crippen LogP contribution in [-0.2, 0) is 0 Å². The third-order valence-corrected chi connectivity index (χ3v) is 0.703. The van der Waals surface area contributed by atoms with Crippen molar-refractivity contribution in [3.63, 3.8) is 0 Å². The Balaban J connectivity index is 2.77. The summed E-state index contributed by atoms with van der Waals surface area (Å²) in [6.07, 6.45) is -0.559. The van der Waals surface area contributed by atoms with Gasteiger partial charge in [-0.05, 0) is 0 Å². The van der Waals surface area contributed by atoms with E-state index in [9.17, 15) is 8.78 Å². The Hall–Kier alpha value is -0.930. The lowest BCUT2D eigenvalue weighted by atomic mass is 10.4. The summed E-state index contributed by atoms with van der Waals surface area (Å²) in [5.74, 6) is 0. The number of hydrogen-bond donors (Lipinski definition) is 0. The number of aromatic nitrogens is 1. The molecule has 0 fully saturated rings. The summed E-state index contributed by atoms with van der Waals surface area (Å²) < 4.78 is 27.1. The van der Waals surface area contributed by atoms with Gasteiger partial charge in [-0.25, -0.2) is 8.78 Å². The molecule has 0 aliphatic rings. The summed E-state index contributed by atoms with van der Waals surface area (Å²) in [5.41, 5.74) is -0.176. The average molecular weight is 119 g/mol. The summed E-state index contributed by atoms with van der Waals surface area (Å²) in [6, 6.07) is 0. The lowest BCUT2D eigenvalue weighted by Gasteiger charge is -1.84. The van der Waals surface area contributed by atoms with Crippen molar-refractivity contribution in [2.75, 3.05) is 0 Å². The summed E-state index contributed by atoms with van der Waals surface area (Å²) in [7, 11) is 0. The van der Waals surface area contributed by atoms with Crippen molar-refractivity contribution in [3.8, 4) is 0 Å². The van der Waals surface area contributed by atoms with Gasteiger partial charge in [0.2, 0.25) is 0 Å². The fourth-order valence-corrected chi connectivity index (χ4v) is 0.321. The highest BCUT2D eigenvalue weighted by Crippen LogP contribution is 2.16. The first-order valence-corrected chi connectivity index (χ1v) is 1.98. The van der Waals surface area contributed by atoms with Crippen LogP contribution in [0.2, 0.25) is 0 Å². The zero-order chi connectivity index (χ0) is 5.98. The van der Waals surface area contributed by atoms with E-state index in [1.54, 1.807) is 0 Å². The minimum absolute atomic E-state index is 0.176. The zero-order valence-corrected chi connectivity index (χ0v) is 3.84. The third kappa shape index (κ3) is 0.828. The molecule has 1 aromatic heterocycles. The lowest BCUT2D eigenvalue weighted by Crippen LogP contribution is -1.75. The largest absolute Gasteiger partial charge is 0.364 e. The van der Waals surface area contributed by atoms with Crippen LogP contribution in [0, 0.1) is 0 Å². The molecule has 1 aromatic rings. The van der Waals surface area contributed by atoms with Crippen LogP contribution in [0.1, 0.15) is 12.0 Å². The van der Waals surface area contributed by atoms with E-state index >= 15 is 0 Å². The van der Waals surface area contributed by atoms with Gasteiger partial charge in [-0.15, -0.1) is 0 Å². The Kier molecular flexibility index (Phi) is 1.24. The number of hydrogen-bond acceptors (Lipinski definition) is 2. The first-order valence-electron chi connectivity index (χ1n) is 1.98. The monoisotopic (exact) mass is 119 g/mol. The predicted molar refractivity (Wildman–Crippen MR) is 21.5 cm³/mol. The maximum Gasteiger partial charge on any atom is 0.268 e. The van der Waals surface area contributed by atoms with Gasteiger partial charge in [0.05, 0.1) is 11.8 Å². The molecule has 0 amide bonds. The molecule has 0 aliphatic heterocycles. The molecule has 0 atom stereocenters. The van der Waals surface area contributed by atoms with Gasteiger partial charge in [0.1, 0.15) is 6.26 Å². The molecule has 0 saturated heterocycles. The maximum atomic E-state index is 11.5. The van der Waals surface area contributed by atoms with Gasteiger partial charge in [-0.2, -0.15) is 0 Å². The Morgan fingerprint density at radius 3 is 2.62 bits per heavy atom. The van der Waals surface area contributed by atoms with Gasteiger partial charge >= 0.3 is 0 Å². The number of nitrogens with zero attached hydrogens (tertiary/aromatic N) is 1. The number of alkyl halides is 2. The molecule has 0 bridgehead atoms. The standard InChI is InChI=1S/C4H3F2NO/c5-4(6)3-1-7-8-2-3/h1-2,4H. The summed E-state index contributed by atoms with van der Waals surface area (Å²) in [5, 5.41) is 3.09. The molecule has 0 radical (unpaired) electrons. The first kappa shape index (κ1) is 5.21. The Morgan fingerprint density at radius 1 is 1.62 bits per heavy atom. The second kappa shape index (κ2) is 1.90. The van der Waals surface area contributed by atoms with Crippen LogP contribution in [0.3, 0.4) is 0 Å². The van der Waals surface area contributed by atoms with Crippen molar-refractivity contribution in [2.45, 2.75) is 6.43 Å². The van der Waals surface area contributed by atoms with E-state index < -0.39 is 6.43 Å². The molecule has 0 unspecified atom stereocenters. The molecule has 0 saturated carbocycles. The number of rotatable bonds is 1.